The second kappa shape index (κ2) is 11.0. The third kappa shape index (κ3) is 5.71. The zero-order chi connectivity index (χ0) is 26.4. The highest BCUT2D eigenvalue weighted by atomic mass is 16.4. The lowest BCUT2D eigenvalue weighted by Gasteiger charge is -2.16. The number of aromatic carboxylic acids is 2. The van der Waals surface area contributed by atoms with Crippen molar-refractivity contribution in [1.82, 2.24) is 0 Å². The molecule has 0 spiro atoms. The van der Waals surface area contributed by atoms with Gasteiger partial charge in [0.1, 0.15) is 0 Å². The van der Waals surface area contributed by atoms with Gasteiger partial charge in [-0.05, 0) is 53.9 Å². The molecule has 0 heterocycles. The fraction of sp³-hybridized carbons (Fsp3) is 0.0345. The van der Waals surface area contributed by atoms with E-state index in [9.17, 15) is 29.4 Å². The number of carboxylic acids is 2. The van der Waals surface area contributed by atoms with Gasteiger partial charge in [-0.3, -0.25) is 9.59 Å². The number of carboxylic acid groups (broad SMARTS) is 2. The number of anilines is 2. The number of hydrogen-bond acceptors (Lipinski definition) is 4. The van der Waals surface area contributed by atoms with Gasteiger partial charge < -0.3 is 20.8 Å². The molecule has 8 nitrogen and oxygen atoms in total. The number of rotatable bonds is 8. The number of benzene rings is 4. The van der Waals surface area contributed by atoms with Gasteiger partial charge in [-0.2, -0.15) is 0 Å². The normalized spacial score (nSPS) is 10.4. The van der Waals surface area contributed by atoms with Crippen molar-refractivity contribution in [2.75, 3.05) is 10.6 Å². The van der Waals surface area contributed by atoms with Crippen molar-refractivity contribution in [3.05, 3.63) is 130 Å². The Kier molecular flexibility index (Phi) is 7.40. The van der Waals surface area contributed by atoms with Crippen molar-refractivity contribution in [3.8, 4) is 0 Å². The third-order valence-electron chi connectivity index (χ3n) is 5.68. The minimum atomic E-state index is -1.27. The standard InChI is InChI=1S/C29H22N2O6/c32-26(18-9-3-1-4-10-18)30-22-15-7-13-20(24(22)28(34)35)17-21-14-8-16-23(25(21)29(36)37)31-27(33)19-11-5-2-6-12-19/h1-16H,17H2,(H,30,32)(H,31,33)(H,34,35)(H,36,37). The van der Waals surface area contributed by atoms with E-state index < -0.39 is 23.8 Å². The molecule has 0 atom stereocenters. The van der Waals surface area contributed by atoms with Gasteiger partial charge in [-0.15, -0.1) is 0 Å². The summed E-state index contributed by atoms with van der Waals surface area (Å²) in [6.07, 6.45) is -0.0621. The summed E-state index contributed by atoms with van der Waals surface area (Å²) in [4.78, 5) is 49.7. The van der Waals surface area contributed by atoms with Crippen LogP contribution in [0.1, 0.15) is 52.6 Å². The van der Waals surface area contributed by atoms with E-state index in [-0.39, 0.29) is 28.9 Å². The monoisotopic (exact) mass is 494 g/mol. The molecule has 0 aliphatic heterocycles. The molecule has 0 fully saturated rings. The molecule has 2 amide bonds. The largest absolute Gasteiger partial charge is 0.478 e. The maximum atomic E-state index is 12.6. The predicted molar refractivity (Wildman–Crippen MR) is 138 cm³/mol. The van der Waals surface area contributed by atoms with Gasteiger partial charge >= 0.3 is 11.9 Å². The van der Waals surface area contributed by atoms with Crippen LogP contribution in [0.3, 0.4) is 0 Å². The Morgan fingerprint density at radius 1 is 0.514 bits per heavy atom. The molecule has 8 heteroatoms. The molecular formula is C29H22N2O6. The average molecular weight is 495 g/mol. The van der Waals surface area contributed by atoms with Crippen LogP contribution in [0.5, 0.6) is 0 Å². The lowest BCUT2D eigenvalue weighted by atomic mass is 9.94. The van der Waals surface area contributed by atoms with Crippen molar-refractivity contribution in [2.24, 2.45) is 0 Å². The van der Waals surface area contributed by atoms with Crippen LogP contribution < -0.4 is 10.6 Å². The van der Waals surface area contributed by atoms with Crippen molar-refractivity contribution in [1.29, 1.82) is 0 Å². The lowest BCUT2D eigenvalue weighted by Crippen LogP contribution is -2.17. The number of hydrogen-bond donors (Lipinski definition) is 4. The van der Waals surface area contributed by atoms with Crippen LogP contribution in [-0.2, 0) is 6.42 Å². The van der Waals surface area contributed by atoms with Gasteiger partial charge in [-0.25, -0.2) is 9.59 Å². The topological polar surface area (TPSA) is 133 Å². The summed E-state index contributed by atoms with van der Waals surface area (Å²) in [6.45, 7) is 0. The van der Waals surface area contributed by atoms with E-state index in [2.05, 4.69) is 10.6 Å². The highest BCUT2D eigenvalue weighted by Gasteiger charge is 2.22. The van der Waals surface area contributed by atoms with Crippen molar-refractivity contribution >= 4 is 35.1 Å². The summed E-state index contributed by atoms with van der Waals surface area (Å²) < 4.78 is 0. The fourth-order valence-electron chi connectivity index (χ4n) is 3.98. The molecule has 4 aromatic carbocycles. The molecule has 0 radical (unpaired) electrons. The van der Waals surface area contributed by atoms with Gasteiger partial charge in [0.15, 0.2) is 0 Å². The molecule has 0 aliphatic carbocycles. The first-order valence-electron chi connectivity index (χ1n) is 11.3. The molecule has 0 aromatic heterocycles. The van der Waals surface area contributed by atoms with E-state index in [0.717, 1.165) is 0 Å². The molecule has 0 aliphatic rings. The first kappa shape index (κ1) is 24.9. The van der Waals surface area contributed by atoms with Crippen molar-refractivity contribution in [2.45, 2.75) is 6.42 Å². The second-order valence-electron chi connectivity index (χ2n) is 8.11. The van der Waals surface area contributed by atoms with Gasteiger partial charge in [0.05, 0.1) is 22.5 Å². The van der Waals surface area contributed by atoms with Gasteiger partial charge in [0.25, 0.3) is 11.8 Å². The number of carbonyl (C=O) groups excluding carboxylic acids is 2. The Bertz CT molecular complexity index is 1370. The minimum absolute atomic E-state index is 0.0621. The van der Waals surface area contributed by atoms with Crippen LogP contribution in [0.2, 0.25) is 0 Å². The molecule has 37 heavy (non-hydrogen) atoms. The Hall–Kier alpha value is -5.24. The van der Waals surface area contributed by atoms with Crippen molar-refractivity contribution in [3.63, 3.8) is 0 Å². The molecule has 4 N–H and O–H groups in total. The average Bonchev–Trinajstić information content (AvgIpc) is 2.89. The molecular weight excluding hydrogens is 472 g/mol. The van der Waals surface area contributed by atoms with Crippen LogP contribution in [0.15, 0.2) is 97.1 Å². The first-order valence-corrected chi connectivity index (χ1v) is 11.3. The van der Waals surface area contributed by atoms with Gasteiger partial charge in [0, 0.05) is 11.1 Å². The van der Waals surface area contributed by atoms with Crippen LogP contribution >= 0.6 is 0 Å². The molecule has 0 unspecified atom stereocenters. The summed E-state index contributed by atoms with van der Waals surface area (Å²) in [5.41, 5.74) is 1.19. The molecule has 0 bridgehead atoms. The highest BCUT2D eigenvalue weighted by molar-refractivity contribution is 6.09. The van der Waals surface area contributed by atoms with E-state index in [1.165, 1.54) is 12.1 Å². The highest BCUT2D eigenvalue weighted by Crippen LogP contribution is 2.28. The molecule has 0 saturated carbocycles. The summed E-state index contributed by atoms with van der Waals surface area (Å²) in [6, 6.07) is 26.0. The second-order valence-corrected chi connectivity index (χ2v) is 8.11. The number of carbonyl (C=O) groups is 4. The Labute approximate surface area is 212 Å². The van der Waals surface area contributed by atoms with E-state index in [1.54, 1.807) is 84.9 Å². The lowest BCUT2D eigenvalue weighted by molar-refractivity contribution is 0.0687. The zero-order valence-corrected chi connectivity index (χ0v) is 19.5. The van der Waals surface area contributed by atoms with E-state index in [0.29, 0.717) is 22.3 Å². The summed E-state index contributed by atoms with van der Waals surface area (Å²) in [7, 11) is 0. The van der Waals surface area contributed by atoms with Gasteiger partial charge in [-0.1, -0.05) is 60.7 Å². The van der Waals surface area contributed by atoms with Crippen LogP contribution in [0.25, 0.3) is 0 Å². The van der Waals surface area contributed by atoms with E-state index >= 15 is 0 Å². The summed E-state index contributed by atoms with van der Waals surface area (Å²) in [5, 5.41) is 25.2. The molecule has 4 rings (SSSR count). The quantitative estimate of drug-likeness (QED) is 0.267. The Balaban J connectivity index is 1.68. The number of amides is 2. The minimum Gasteiger partial charge on any atom is -0.478 e. The van der Waals surface area contributed by atoms with Crippen LogP contribution in [0, 0.1) is 0 Å². The fourth-order valence-corrected chi connectivity index (χ4v) is 3.98. The Morgan fingerprint density at radius 3 is 1.24 bits per heavy atom. The van der Waals surface area contributed by atoms with Gasteiger partial charge in [0.2, 0.25) is 0 Å². The maximum absolute atomic E-state index is 12.6. The van der Waals surface area contributed by atoms with Crippen LogP contribution in [0.4, 0.5) is 11.4 Å². The van der Waals surface area contributed by atoms with E-state index in [1.807, 2.05) is 0 Å². The molecule has 0 saturated heterocycles. The molecule has 4 aromatic rings. The molecule has 184 valence electrons. The first-order chi connectivity index (χ1) is 17.8. The third-order valence-corrected chi connectivity index (χ3v) is 5.68. The summed E-state index contributed by atoms with van der Waals surface area (Å²) >= 11 is 0. The predicted octanol–water partition coefficient (Wildman–Crippen LogP) is 5.18. The SMILES string of the molecule is O=C(Nc1cccc(Cc2cccc(NC(=O)c3ccccc3)c2C(=O)O)c1C(=O)O)c1ccccc1. The van der Waals surface area contributed by atoms with Crippen LogP contribution in [-0.4, -0.2) is 34.0 Å². The number of nitrogens with one attached hydrogen (secondary N) is 2. The summed E-state index contributed by atoms with van der Waals surface area (Å²) in [5.74, 6) is -3.50. The van der Waals surface area contributed by atoms with Crippen molar-refractivity contribution < 1.29 is 29.4 Å². The maximum Gasteiger partial charge on any atom is 0.338 e. The smallest absolute Gasteiger partial charge is 0.338 e. The van der Waals surface area contributed by atoms with E-state index in [4.69, 9.17) is 0 Å². The zero-order valence-electron chi connectivity index (χ0n) is 19.5. The Morgan fingerprint density at radius 2 is 0.892 bits per heavy atom.